The van der Waals surface area contributed by atoms with Gasteiger partial charge in [-0.25, -0.2) is 4.98 Å². The zero-order chi connectivity index (χ0) is 14.1. The molecule has 3 aromatic rings. The van der Waals surface area contributed by atoms with Gasteiger partial charge in [0.15, 0.2) is 0 Å². The molecule has 0 saturated heterocycles. The van der Waals surface area contributed by atoms with E-state index in [4.69, 9.17) is 22.1 Å². The number of ether oxygens (including phenoxy) is 1. The quantitative estimate of drug-likeness (QED) is 0.800. The zero-order valence-corrected chi connectivity index (χ0v) is 11.8. The average Bonchev–Trinajstić information content (AvgIpc) is 2.75. The molecule has 0 atom stereocenters. The number of nitrogens with two attached hydrogens (primary N) is 1. The first-order chi connectivity index (χ1) is 9.69. The van der Waals surface area contributed by atoms with Crippen LogP contribution in [0.1, 0.15) is 6.92 Å². The van der Waals surface area contributed by atoms with Crippen LogP contribution in [0.2, 0.25) is 5.02 Å². The molecule has 5 heteroatoms. The van der Waals surface area contributed by atoms with Crippen molar-refractivity contribution in [2.45, 2.75) is 6.92 Å². The Morgan fingerprint density at radius 2 is 2.10 bits per heavy atom. The lowest BCUT2D eigenvalue weighted by Crippen LogP contribution is -2.01. The van der Waals surface area contributed by atoms with Crippen molar-refractivity contribution in [2.24, 2.45) is 0 Å². The Hall–Kier alpha value is -2.20. The van der Waals surface area contributed by atoms with E-state index in [-0.39, 0.29) is 0 Å². The van der Waals surface area contributed by atoms with Crippen molar-refractivity contribution in [3.8, 4) is 11.4 Å². The lowest BCUT2D eigenvalue weighted by molar-refractivity contribution is 0.340. The Labute approximate surface area is 121 Å². The summed E-state index contributed by atoms with van der Waals surface area (Å²) in [6, 6.07) is 13.2. The van der Waals surface area contributed by atoms with E-state index in [2.05, 4.69) is 4.98 Å². The lowest BCUT2D eigenvalue weighted by Gasteiger charge is -2.09. The Morgan fingerprint density at radius 3 is 2.90 bits per heavy atom. The van der Waals surface area contributed by atoms with Gasteiger partial charge in [-0.3, -0.25) is 4.57 Å². The summed E-state index contributed by atoms with van der Waals surface area (Å²) in [6.45, 7) is 2.57. The molecule has 0 radical (unpaired) electrons. The average molecular weight is 288 g/mol. The summed E-state index contributed by atoms with van der Waals surface area (Å²) in [5, 5.41) is 0.652. The van der Waals surface area contributed by atoms with Crippen LogP contribution in [-0.4, -0.2) is 16.2 Å². The van der Waals surface area contributed by atoms with Crippen molar-refractivity contribution in [1.29, 1.82) is 0 Å². The molecule has 0 bridgehead atoms. The number of hydrogen-bond acceptors (Lipinski definition) is 3. The Kier molecular flexibility index (Phi) is 3.24. The van der Waals surface area contributed by atoms with E-state index in [0.29, 0.717) is 17.6 Å². The van der Waals surface area contributed by atoms with Crippen LogP contribution in [0, 0.1) is 0 Å². The summed E-state index contributed by atoms with van der Waals surface area (Å²) in [4.78, 5) is 4.35. The number of nitrogens with zero attached hydrogens (tertiary/aromatic N) is 2. The molecule has 3 rings (SSSR count). The molecule has 20 heavy (non-hydrogen) atoms. The fourth-order valence-corrected chi connectivity index (χ4v) is 2.38. The predicted molar refractivity (Wildman–Crippen MR) is 81.7 cm³/mol. The fraction of sp³-hybridized carbons (Fsp3) is 0.133. The first kappa shape index (κ1) is 12.8. The van der Waals surface area contributed by atoms with E-state index >= 15 is 0 Å². The topological polar surface area (TPSA) is 53.1 Å². The predicted octanol–water partition coefficient (Wildman–Crippen LogP) is 3.66. The van der Waals surface area contributed by atoms with Crippen molar-refractivity contribution in [3.05, 3.63) is 47.5 Å². The van der Waals surface area contributed by atoms with Crippen molar-refractivity contribution < 1.29 is 4.74 Å². The van der Waals surface area contributed by atoms with E-state index in [9.17, 15) is 0 Å². The Morgan fingerprint density at radius 1 is 1.25 bits per heavy atom. The maximum atomic E-state index is 6.06. The van der Waals surface area contributed by atoms with Gasteiger partial charge in [-0.2, -0.15) is 0 Å². The maximum Gasteiger partial charge on any atom is 0.205 e. The van der Waals surface area contributed by atoms with Gasteiger partial charge in [0.2, 0.25) is 5.95 Å². The number of anilines is 1. The van der Waals surface area contributed by atoms with Gasteiger partial charge in [0.25, 0.3) is 0 Å². The number of aromatic nitrogens is 2. The minimum absolute atomic E-state index is 0.427. The van der Waals surface area contributed by atoms with Crippen LogP contribution in [0.5, 0.6) is 5.75 Å². The fourth-order valence-electron chi connectivity index (χ4n) is 2.22. The van der Waals surface area contributed by atoms with Gasteiger partial charge in [0.05, 0.1) is 23.3 Å². The van der Waals surface area contributed by atoms with Crippen LogP contribution in [-0.2, 0) is 0 Å². The van der Waals surface area contributed by atoms with Crippen LogP contribution in [0.4, 0.5) is 5.95 Å². The minimum atomic E-state index is 0.427. The van der Waals surface area contributed by atoms with Gasteiger partial charge < -0.3 is 10.5 Å². The summed E-state index contributed by atoms with van der Waals surface area (Å²) in [7, 11) is 0. The first-order valence-corrected chi connectivity index (χ1v) is 6.73. The molecule has 0 aliphatic rings. The van der Waals surface area contributed by atoms with Gasteiger partial charge in [0, 0.05) is 11.1 Å². The van der Waals surface area contributed by atoms with Gasteiger partial charge in [-0.05, 0) is 37.3 Å². The summed E-state index contributed by atoms with van der Waals surface area (Å²) in [5.74, 6) is 1.23. The van der Waals surface area contributed by atoms with E-state index in [1.54, 1.807) is 6.07 Å². The first-order valence-electron chi connectivity index (χ1n) is 6.35. The molecule has 1 aromatic heterocycles. The molecule has 2 aromatic carbocycles. The molecule has 0 spiro atoms. The van der Waals surface area contributed by atoms with Crippen molar-refractivity contribution in [2.75, 3.05) is 12.3 Å². The Bertz CT molecular complexity index is 767. The number of halogens is 1. The van der Waals surface area contributed by atoms with Crippen LogP contribution >= 0.6 is 11.6 Å². The standard InChI is InChI=1S/C15H14ClN3O/c1-2-20-12-5-3-4-11(9-12)19-14-8-10(16)6-7-13(14)18-15(19)17/h3-9H,2H2,1H3,(H2,17,18). The van der Waals surface area contributed by atoms with Crippen LogP contribution in [0.3, 0.4) is 0 Å². The number of imidazole rings is 1. The normalized spacial score (nSPS) is 10.9. The molecule has 0 aliphatic carbocycles. The second-order valence-electron chi connectivity index (χ2n) is 4.37. The molecule has 0 unspecified atom stereocenters. The summed E-state index contributed by atoms with van der Waals surface area (Å²) in [6.07, 6.45) is 0. The molecule has 0 saturated carbocycles. The Balaban J connectivity index is 2.20. The number of nitrogen functional groups attached to an aromatic ring is 1. The van der Waals surface area contributed by atoms with Gasteiger partial charge in [0.1, 0.15) is 5.75 Å². The third-order valence-electron chi connectivity index (χ3n) is 3.03. The van der Waals surface area contributed by atoms with Gasteiger partial charge in [-0.1, -0.05) is 17.7 Å². The van der Waals surface area contributed by atoms with Crippen molar-refractivity contribution in [1.82, 2.24) is 9.55 Å². The zero-order valence-electron chi connectivity index (χ0n) is 11.0. The second-order valence-corrected chi connectivity index (χ2v) is 4.81. The van der Waals surface area contributed by atoms with Crippen molar-refractivity contribution in [3.63, 3.8) is 0 Å². The third-order valence-corrected chi connectivity index (χ3v) is 3.26. The SMILES string of the molecule is CCOc1cccc(-n2c(N)nc3ccc(Cl)cc32)c1. The third kappa shape index (κ3) is 2.18. The molecular formula is C15H14ClN3O. The van der Waals surface area contributed by atoms with E-state index in [1.165, 1.54) is 0 Å². The summed E-state index contributed by atoms with van der Waals surface area (Å²) in [5.41, 5.74) is 8.62. The van der Waals surface area contributed by atoms with Gasteiger partial charge >= 0.3 is 0 Å². The molecular weight excluding hydrogens is 274 g/mol. The molecule has 1 heterocycles. The number of benzene rings is 2. The number of fused-ring (bicyclic) bond motifs is 1. The van der Waals surface area contributed by atoms with Crippen molar-refractivity contribution >= 4 is 28.6 Å². The highest BCUT2D eigenvalue weighted by atomic mass is 35.5. The second kappa shape index (κ2) is 5.06. The van der Waals surface area contributed by atoms with Crippen LogP contribution < -0.4 is 10.5 Å². The van der Waals surface area contributed by atoms with E-state index in [0.717, 1.165) is 22.5 Å². The molecule has 0 aliphatic heterocycles. The highest BCUT2D eigenvalue weighted by molar-refractivity contribution is 6.31. The minimum Gasteiger partial charge on any atom is -0.494 e. The smallest absolute Gasteiger partial charge is 0.205 e. The summed E-state index contributed by atoms with van der Waals surface area (Å²) >= 11 is 6.06. The maximum absolute atomic E-state index is 6.06. The molecule has 4 nitrogen and oxygen atoms in total. The number of hydrogen-bond donors (Lipinski definition) is 1. The highest BCUT2D eigenvalue weighted by Crippen LogP contribution is 2.27. The van der Waals surface area contributed by atoms with Crippen LogP contribution in [0.25, 0.3) is 16.7 Å². The lowest BCUT2D eigenvalue weighted by atomic mass is 10.2. The largest absolute Gasteiger partial charge is 0.494 e. The molecule has 102 valence electrons. The molecule has 0 amide bonds. The molecule has 0 fully saturated rings. The molecule has 2 N–H and O–H groups in total. The number of rotatable bonds is 3. The van der Waals surface area contributed by atoms with E-state index < -0.39 is 0 Å². The highest BCUT2D eigenvalue weighted by Gasteiger charge is 2.11. The van der Waals surface area contributed by atoms with Gasteiger partial charge in [-0.15, -0.1) is 0 Å². The van der Waals surface area contributed by atoms with E-state index in [1.807, 2.05) is 47.9 Å². The monoisotopic (exact) mass is 287 g/mol. The van der Waals surface area contributed by atoms with Crippen LogP contribution in [0.15, 0.2) is 42.5 Å². The summed E-state index contributed by atoms with van der Waals surface area (Å²) < 4.78 is 7.38.